The standard InChI is InChI=1S/C8H13N3O2S2/c9-8-10-5-7(14-8)15(12,13)11-6-3-1-2-4-6/h5-6,11H,1-4H2,(H2,9,10). The van der Waals surface area contributed by atoms with Crippen LogP contribution in [0.3, 0.4) is 0 Å². The largest absolute Gasteiger partial charge is 0.375 e. The van der Waals surface area contributed by atoms with E-state index in [4.69, 9.17) is 5.73 Å². The normalized spacial score (nSPS) is 18.4. The molecule has 0 saturated heterocycles. The summed E-state index contributed by atoms with van der Waals surface area (Å²) in [7, 11) is -3.40. The van der Waals surface area contributed by atoms with Crippen LogP contribution >= 0.6 is 11.3 Å². The second-order valence-electron chi connectivity index (χ2n) is 3.62. The lowest BCUT2D eigenvalue weighted by molar-refractivity contribution is 0.554. The Kier molecular flexibility index (Phi) is 2.94. The van der Waals surface area contributed by atoms with E-state index in [1.54, 1.807) is 0 Å². The quantitative estimate of drug-likeness (QED) is 0.832. The van der Waals surface area contributed by atoms with Gasteiger partial charge in [-0.05, 0) is 12.8 Å². The second kappa shape index (κ2) is 4.07. The number of nitrogens with zero attached hydrogens (tertiary/aromatic N) is 1. The fraction of sp³-hybridized carbons (Fsp3) is 0.625. The van der Waals surface area contributed by atoms with Crippen molar-refractivity contribution in [3.63, 3.8) is 0 Å². The first kappa shape index (κ1) is 10.8. The van der Waals surface area contributed by atoms with Crippen LogP contribution < -0.4 is 10.5 Å². The Bertz CT molecular complexity index is 434. The minimum Gasteiger partial charge on any atom is -0.375 e. The smallest absolute Gasteiger partial charge is 0.251 e. The summed E-state index contributed by atoms with van der Waals surface area (Å²) in [5.41, 5.74) is 5.40. The summed E-state index contributed by atoms with van der Waals surface area (Å²) in [5, 5.41) is 0.279. The zero-order valence-electron chi connectivity index (χ0n) is 8.14. The molecule has 84 valence electrons. The van der Waals surface area contributed by atoms with Gasteiger partial charge in [-0.25, -0.2) is 18.1 Å². The van der Waals surface area contributed by atoms with E-state index in [9.17, 15) is 8.42 Å². The first-order valence-corrected chi connectivity index (χ1v) is 7.11. The average Bonchev–Trinajstić information content (AvgIpc) is 2.75. The fourth-order valence-electron chi connectivity index (χ4n) is 1.72. The third-order valence-corrected chi connectivity index (χ3v) is 5.25. The van der Waals surface area contributed by atoms with Gasteiger partial charge in [0.25, 0.3) is 10.0 Å². The van der Waals surface area contributed by atoms with Gasteiger partial charge in [0, 0.05) is 6.04 Å². The Morgan fingerprint density at radius 3 is 2.67 bits per heavy atom. The van der Waals surface area contributed by atoms with Crippen molar-refractivity contribution in [2.45, 2.75) is 35.9 Å². The number of aromatic nitrogens is 1. The first-order valence-electron chi connectivity index (χ1n) is 4.81. The maximum absolute atomic E-state index is 11.8. The van der Waals surface area contributed by atoms with Crippen LogP contribution in [0.5, 0.6) is 0 Å². The predicted octanol–water partition coefficient (Wildman–Crippen LogP) is 0.946. The van der Waals surface area contributed by atoms with Gasteiger partial charge in [-0.1, -0.05) is 24.2 Å². The number of rotatable bonds is 3. The molecule has 0 bridgehead atoms. The molecule has 1 aliphatic carbocycles. The van der Waals surface area contributed by atoms with Crippen LogP contribution in [0, 0.1) is 0 Å². The molecular formula is C8H13N3O2S2. The topological polar surface area (TPSA) is 85.1 Å². The van der Waals surface area contributed by atoms with Gasteiger partial charge in [-0.2, -0.15) is 0 Å². The van der Waals surface area contributed by atoms with E-state index >= 15 is 0 Å². The minimum absolute atomic E-state index is 0.0818. The summed E-state index contributed by atoms with van der Waals surface area (Å²) < 4.78 is 26.5. The Labute approximate surface area is 92.8 Å². The molecule has 1 heterocycles. The second-order valence-corrected chi connectivity index (χ2v) is 6.62. The molecule has 0 aromatic carbocycles. The monoisotopic (exact) mass is 247 g/mol. The van der Waals surface area contributed by atoms with Gasteiger partial charge in [0.05, 0.1) is 6.20 Å². The molecule has 0 amide bonds. The van der Waals surface area contributed by atoms with Crippen molar-refractivity contribution >= 4 is 26.5 Å². The van der Waals surface area contributed by atoms with E-state index in [0.29, 0.717) is 0 Å². The van der Waals surface area contributed by atoms with Crippen molar-refractivity contribution in [2.24, 2.45) is 0 Å². The molecule has 0 spiro atoms. The van der Waals surface area contributed by atoms with Gasteiger partial charge >= 0.3 is 0 Å². The summed E-state index contributed by atoms with van der Waals surface area (Å²) in [6.07, 6.45) is 5.34. The third kappa shape index (κ3) is 2.47. The van der Waals surface area contributed by atoms with Gasteiger partial charge in [0.2, 0.25) is 0 Å². The molecule has 1 aromatic rings. The van der Waals surface area contributed by atoms with Crippen LogP contribution in [0.1, 0.15) is 25.7 Å². The maximum atomic E-state index is 11.8. The Morgan fingerprint density at radius 1 is 1.47 bits per heavy atom. The fourth-order valence-corrected chi connectivity index (χ4v) is 3.96. The molecule has 0 unspecified atom stereocenters. The number of nitrogens with one attached hydrogen (secondary N) is 1. The summed E-state index contributed by atoms with van der Waals surface area (Å²) in [6.45, 7) is 0. The summed E-state index contributed by atoms with van der Waals surface area (Å²) in [6, 6.07) is 0.0818. The van der Waals surface area contributed by atoms with E-state index in [2.05, 4.69) is 9.71 Å². The maximum Gasteiger partial charge on any atom is 0.251 e. The average molecular weight is 247 g/mol. The lowest BCUT2D eigenvalue weighted by Gasteiger charge is -2.10. The van der Waals surface area contributed by atoms with Gasteiger partial charge in [0.15, 0.2) is 9.34 Å². The Morgan fingerprint density at radius 2 is 2.13 bits per heavy atom. The summed E-state index contributed by atoms with van der Waals surface area (Å²) in [4.78, 5) is 3.73. The third-order valence-electron chi connectivity index (χ3n) is 2.44. The van der Waals surface area contributed by atoms with Crippen molar-refractivity contribution in [2.75, 3.05) is 5.73 Å². The molecule has 0 atom stereocenters. The van der Waals surface area contributed by atoms with Crippen LogP contribution in [0.15, 0.2) is 10.4 Å². The van der Waals surface area contributed by atoms with Gasteiger partial charge in [0.1, 0.15) is 0 Å². The molecule has 3 N–H and O–H groups in total. The number of nitrogens with two attached hydrogens (primary N) is 1. The first-order chi connectivity index (χ1) is 7.08. The van der Waals surface area contributed by atoms with Crippen LogP contribution in [-0.2, 0) is 10.0 Å². The van der Waals surface area contributed by atoms with E-state index in [1.165, 1.54) is 6.20 Å². The molecule has 0 radical (unpaired) electrons. The van der Waals surface area contributed by atoms with E-state index in [1.807, 2.05) is 0 Å². The number of anilines is 1. The molecule has 15 heavy (non-hydrogen) atoms. The number of nitrogen functional groups attached to an aromatic ring is 1. The van der Waals surface area contributed by atoms with Crippen LogP contribution in [-0.4, -0.2) is 19.4 Å². The minimum atomic E-state index is -3.40. The molecule has 1 saturated carbocycles. The van der Waals surface area contributed by atoms with Crippen molar-refractivity contribution in [3.8, 4) is 0 Å². The van der Waals surface area contributed by atoms with E-state index in [-0.39, 0.29) is 15.4 Å². The van der Waals surface area contributed by atoms with Crippen LogP contribution in [0.25, 0.3) is 0 Å². The highest BCUT2D eigenvalue weighted by Crippen LogP contribution is 2.23. The zero-order valence-corrected chi connectivity index (χ0v) is 9.77. The predicted molar refractivity (Wildman–Crippen MR) is 59.1 cm³/mol. The highest BCUT2D eigenvalue weighted by atomic mass is 32.2. The van der Waals surface area contributed by atoms with E-state index < -0.39 is 10.0 Å². The Balaban J connectivity index is 2.12. The van der Waals surface area contributed by atoms with Gasteiger partial charge < -0.3 is 5.73 Å². The molecule has 7 heteroatoms. The lowest BCUT2D eigenvalue weighted by atomic mass is 10.3. The zero-order chi connectivity index (χ0) is 10.9. The van der Waals surface area contributed by atoms with Gasteiger partial charge in [-0.15, -0.1) is 0 Å². The lowest BCUT2D eigenvalue weighted by Crippen LogP contribution is -2.32. The molecule has 0 aliphatic heterocycles. The number of thiazole rings is 1. The molecular weight excluding hydrogens is 234 g/mol. The molecule has 1 fully saturated rings. The molecule has 1 aliphatic rings. The summed E-state index contributed by atoms with van der Waals surface area (Å²) >= 11 is 0.994. The molecule has 1 aromatic heterocycles. The number of hydrogen-bond acceptors (Lipinski definition) is 5. The Hall–Kier alpha value is -0.660. The number of hydrogen-bond donors (Lipinski definition) is 2. The van der Waals surface area contributed by atoms with Crippen molar-refractivity contribution in [1.82, 2.24) is 9.71 Å². The van der Waals surface area contributed by atoms with Crippen molar-refractivity contribution in [3.05, 3.63) is 6.20 Å². The molecule has 2 rings (SSSR count). The van der Waals surface area contributed by atoms with Crippen molar-refractivity contribution < 1.29 is 8.42 Å². The van der Waals surface area contributed by atoms with Gasteiger partial charge in [-0.3, -0.25) is 0 Å². The SMILES string of the molecule is Nc1ncc(S(=O)(=O)NC2CCCC2)s1. The molecule has 5 nitrogen and oxygen atoms in total. The van der Waals surface area contributed by atoms with Crippen LogP contribution in [0.4, 0.5) is 5.13 Å². The summed E-state index contributed by atoms with van der Waals surface area (Å²) in [5.74, 6) is 0. The highest BCUT2D eigenvalue weighted by Gasteiger charge is 2.24. The van der Waals surface area contributed by atoms with E-state index in [0.717, 1.165) is 37.0 Å². The van der Waals surface area contributed by atoms with Crippen molar-refractivity contribution in [1.29, 1.82) is 0 Å². The number of sulfonamides is 1. The van der Waals surface area contributed by atoms with Crippen LogP contribution in [0.2, 0.25) is 0 Å². The highest BCUT2D eigenvalue weighted by molar-refractivity contribution is 7.91.